The van der Waals surface area contributed by atoms with Crippen LogP contribution in [0.2, 0.25) is 0 Å². The van der Waals surface area contributed by atoms with Gasteiger partial charge in [0.05, 0.1) is 11.1 Å². The molecule has 0 radical (unpaired) electrons. The lowest BCUT2D eigenvalue weighted by atomic mass is 9.77. The molecule has 0 bridgehead atoms. The van der Waals surface area contributed by atoms with Gasteiger partial charge in [-0.05, 0) is 46.6 Å². The SMILES string of the molecule is CCC1(C(=O)O)CCCN(C(C)c2c(C)nn(C)c2C)C1. The van der Waals surface area contributed by atoms with Gasteiger partial charge < -0.3 is 5.11 Å². The molecule has 2 atom stereocenters. The van der Waals surface area contributed by atoms with Crippen LogP contribution < -0.4 is 0 Å². The van der Waals surface area contributed by atoms with Crippen molar-refractivity contribution in [2.75, 3.05) is 13.1 Å². The monoisotopic (exact) mass is 293 g/mol. The van der Waals surface area contributed by atoms with E-state index < -0.39 is 11.4 Å². The number of carboxylic acids is 1. The minimum absolute atomic E-state index is 0.212. The summed E-state index contributed by atoms with van der Waals surface area (Å²) in [6, 6.07) is 0.212. The molecule has 0 saturated carbocycles. The molecule has 1 aromatic heterocycles. The van der Waals surface area contributed by atoms with E-state index in [9.17, 15) is 9.90 Å². The molecule has 1 aliphatic heterocycles. The van der Waals surface area contributed by atoms with Crippen LogP contribution in [0.5, 0.6) is 0 Å². The minimum atomic E-state index is -0.651. The van der Waals surface area contributed by atoms with Gasteiger partial charge in [0.1, 0.15) is 0 Å². The Kier molecular flexibility index (Phi) is 4.42. The fourth-order valence-electron chi connectivity index (χ4n) is 3.69. The lowest BCUT2D eigenvalue weighted by molar-refractivity contribution is -0.153. The highest BCUT2D eigenvalue weighted by Crippen LogP contribution is 2.38. The number of hydrogen-bond donors (Lipinski definition) is 1. The van der Waals surface area contributed by atoms with Gasteiger partial charge in [-0.3, -0.25) is 14.4 Å². The number of aromatic nitrogens is 2. The molecule has 5 nitrogen and oxygen atoms in total. The Morgan fingerprint density at radius 1 is 1.48 bits per heavy atom. The summed E-state index contributed by atoms with van der Waals surface area (Å²) in [6.07, 6.45) is 2.42. The molecule has 0 aromatic carbocycles. The number of nitrogens with zero attached hydrogens (tertiary/aromatic N) is 3. The number of aliphatic carboxylic acids is 1. The molecule has 2 unspecified atom stereocenters. The molecule has 1 aliphatic rings. The van der Waals surface area contributed by atoms with E-state index in [1.807, 2.05) is 25.6 Å². The topological polar surface area (TPSA) is 58.4 Å². The lowest BCUT2D eigenvalue weighted by Crippen LogP contribution is -2.48. The van der Waals surface area contributed by atoms with Crippen LogP contribution in [0.1, 0.15) is 56.1 Å². The van der Waals surface area contributed by atoms with Crippen molar-refractivity contribution in [3.8, 4) is 0 Å². The molecule has 1 aromatic rings. The summed E-state index contributed by atoms with van der Waals surface area (Å²) in [5, 5.41) is 14.1. The Morgan fingerprint density at radius 2 is 2.14 bits per heavy atom. The van der Waals surface area contributed by atoms with Gasteiger partial charge >= 0.3 is 5.97 Å². The second kappa shape index (κ2) is 5.79. The molecule has 1 fully saturated rings. The summed E-state index contributed by atoms with van der Waals surface area (Å²) < 4.78 is 1.91. The van der Waals surface area contributed by atoms with Crippen LogP contribution in [0.15, 0.2) is 0 Å². The van der Waals surface area contributed by atoms with Gasteiger partial charge in [0.25, 0.3) is 0 Å². The van der Waals surface area contributed by atoms with E-state index in [-0.39, 0.29) is 6.04 Å². The highest BCUT2D eigenvalue weighted by Gasteiger charge is 2.42. The van der Waals surface area contributed by atoms with E-state index >= 15 is 0 Å². The second-order valence-electron chi connectivity index (χ2n) is 6.40. The normalized spacial score (nSPS) is 25.0. The molecule has 0 amide bonds. The summed E-state index contributed by atoms with van der Waals surface area (Å²) in [7, 11) is 1.96. The fourth-order valence-corrected chi connectivity index (χ4v) is 3.69. The van der Waals surface area contributed by atoms with Crippen molar-refractivity contribution in [1.29, 1.82) is 0 Å². The molecule has 5 heteroatoms. The fraction of sp³-hybridized carbons (Fsp3) is 0.750. The van der Waals surface area contributed by atoms with E-state index in [1.54, 1.807) is 0 Å². The van der Waals surface area contributed by atoms with Crippen molar-refractivity contribution in [3.05, 3.63) is 17.0 Å². The summed E-state index contributed by atoms with van der Waals surface area (Å²) in [4.78, 5) is 14.0. The van der Waals surface area contributed by atoms with Crippen LogP contribution in [0.4, 0.5) is 0 Å². The van der Waals surface area contributed by atoms with Crippen molar-refractivity contribution in [2.24, 2.45) is 12.5 Å². The van der Waals surface area contributed by atoms with Crippen LogP contribution in [0.25, 0.3) is 0 Å². The number of hydrogen-bond acceptors (Lipinski definition) is 3. The first kappa shape index (κ1) is 16.0. The highest BCUT2D eigenvalue weighted by atomic mass is 16.4. The first-order chi connectivity index (χ1) is 9.82. The zero-order valence-corrected chi connectivity index (χ0v) is 13.8. The smallest absolute Gasteiger partial charge is 0.310 e. The molecule has 0 spiro atoms. The maximum atomic E-state index is 11.7. The Hall–Kier alpha value is -1.36. The zero-order chi connectivity index (χ0) is 15.8. The van der Waals surface area contributed by atoms with Crippen molar-refractivity contribution in [3.63, 3.8) is 0 Å². The van der Waals surface area contributed by atoms with E-state index in [0.717, 1.165) is 25.1 Å². The second-order valence-corrected chi connectivity index (χ2v) is 6.40. The highest BCUT2D eigenvalue weighted by molar-refractivity contribution is 5.75. The molecule has 21 heavy (non-hydrogen) atoms. The number of piperidine rings is 1. The third-order valence-electron chi connectivity index (χ3n) is 5.27. The van der Waals surface area contributed by atoms with E-state index in [0.29, 0.717) is 13.0 Å². The predicted octanol–water partition coefficient (Wildman–Crippen LogP) is 2.67. The van der Waals surface area contributed by atoms with E-state index in [1.165, 1.54) is 11.3 Å². The summed E-state index contributed by atoms with van der Waals surface area (Å²) in [5.41, 5.74) is 2.87. The van der Waals surface area contributed by atoms with Gasteiger partial charge in [-0.25, -0.2) is 0 Å². The standard InChI is InChI=1S/C16H27N3O2/c1-6-16(15(20)21)8-7-9-19(10-16)13(4)14-11(2)17-18(5)12(14)3/h13H,6-10H2,1-5H3,(H,20,21). The number of carbonyl (C=O) groups is 1. The van der Waals surface area contributed by atoms with Crippen molar-refractivity contribution in [2.45, 2.75) is 53.0 Å². The van der Waals surface area contributed by atoms with Gasteiger partial charge in [0, 0.05) is 30.9 Å². The first-order valence-corrected chi connectivity index (χ1v) is 7.80. The number of rotatable bonds is 4. The van der Waals surface area contributed by atoms with Crippen molar-refractivity contribution >= 4 is 5.97 Å². The number of carboxylic acid groups (broad SMARTS) is 1. The van der Waals surface area contributed by atoms with Crippen molar-refractivity contribution < 1.29 is 9.90 Å². The molecule has 2 heterocycles. The Balaban J connectivity index is 2.27. The van der Waals surface area contributed by atoms with Gasteiger partial charge in [-0.15, -0.1) is 0 Å². The quantitative estimate of drug-likeness (QED) is 0.927. The Morgan fingerprint density at radius 3 is 2.62 bits per heavy atom. The van der Waals surface area contributed by atoms with Crippen LogP contribution >= 0.6 is 0 Å². The molecule has 118 valence electrons. The maximum absolute atomic E-state index is 11.7. The number of likely N-dealkylation sites (tertiary alicyclic amines) is 1. The van der Waals surface area contributed by atoms with Gasteiger partial charge in [-0.2, -0.15) is 5.10 Å². The molecule has 2 rings (SSSR count). The van der Waals surface area contributed by atoms with Crippen LogP contribution in [-0.2, 0) is 11.8 Å². The van der Waals surface area contributed by atoms with Crippen LogP contribution in [-0.4, -0.2) is 38.8 Å². The van der Waals surface area contributed by atoms with E-state index in [2.05, 4.69) is 23.8 Å². The predicted molar refractivity (Wildman–Crippen MR) is 82.3 cm³/mol. The van der Waals surface area contributed by atoms with Gasteiger partial charge in [0.15, 0.2) is 0 Å². The Bertz CT molecular complexity index is 538. The summed E-state index contributed by atoms with van der Waals surface area (Å²) >= 11 is 0. The molecule has 1 N–H and O–H groups in total. The van der Waals surface area contributed by atoms with Gasteiger partial charge in [-0.1, -0.05) is 6.92 Å². The largest absolute Gasteiger partial charge is 0.481 e. The molecule has 1 saturated heterocycles. The third-order valence-corrected chi connectivity index (χ3v) is 5.27. The summed E-state index contributed by atoms with van der Waals surface area (Å²) in [6.45, 7) is 9.87. The van der Waals surface area contributed by atoms with Crippen molar-refractivity contribution in [1.82, 2.24) is 14.7 Å². The lowest BCUT2D eigenvalue weighted by Gasteiger charge is -2.42. The van der Waals surface area contributed by atoms with Crippen LogP contribution in [0, 0.1) is 19.3 Å². The molecular weight excluding hydrogens is 266 g/mol. The average Bonchev–Trinajstić information content (AvgIpc) is 2.71. The third kappa shape index (κ3) is 2.71. The minimum Gasteiger partial charge on any atom is -0.481 e. The maximum Gasteiger partial charge on any atom is 0.310 e. The average molecular weight is 293 g/mol. The zero-order valence-electron chi connectivity index (χ0n) is 13.8. The van der Waals surface area contributed by atoms with Gasteiger partial charge in [0.2, 0.25) is 0 Å². The molecule has 0 aliphatic carbocycles. The first-order valence-electron chi connectivity index (χ1n) is 7.80. The molecular formula is C16H27N3O2. The van der Waals surface area contributed by atoms with Crippen LogP contribution in [0.3, 0.4) is 0 Å². The summed E-state index contributed by atoms with van der Waals surface area (Å²) in [5.74, 6) is -0.651. The van der Waals surface area contributed by atoms with E-state index in [4.69, 9.17) is 0 Å². The Labute approximate surface area is 126 Å². The number of aryl methyl sites for hydroxylation is 2.